The van der Waals surface area contributed by atoms with E-state index in [1.165, 1.54) is 24.5 Å². The summed E-state index contributed by atoms with van der Waals surface area (Å²) in [7, 11) is 1.30. The van der Waals surface area contributed by atoms with Crippen molar-refractivity contribution in [2.75, 3.05) is 13.7 Å². The first kappa shape index (κ1) is 21.2. The molecule has 3 rings (SSSR count). The molecule has 8 nitrogen and oxygen atoms in total. The normalized spacial score (nSPS) is 10.8. The van der Waals surface area contributed by atoms with E-state index >= 15 is 0 Å². The molecule has 0 atom stereocenters. The number of methoxy groups -OCH3 is 1. The average molecular weight is 412 g/mol. The van der Waals surface area contributed by atoms with Gasteiger partial charge in [0.1, 0.15) is 11.5 Å². The van der Waals surface area contributed by atoms with E-state index in [1.807, 2.05) is 6.92 Å². The average Bonchev–Trinajstić information content (AvgIpc) is 3.47. The zero-order valence-electron chi connectivity index (χ0n) is 17.4. The smallest absolute Gasteiger partial charge is 0.354 e. The van der Waals surface area contributed by atoms with Crippen LogP contribution in [0.4, 0.5) is 0 Å². The van der Waals surface area contributed by atoms with Gasteiger partial charge in [0.15, 0.2) is 11.5 Å². The molecule has 0 aliphatic heterocycles. The van der Waals surface area contributed by atoms with Crippen LogP contribution in [0.3, 0.4) is 0 Å². The highest BCUT2D eigenvalue weighted by atomic mass is 16.5. The van der Waals surface area contributed by atoms with Gasteiger partial charge in [-0.3, -0.25) is 9.59 Å². The highest BCUT2D eigenvalue weighted by Crippen LogP contribution is 2.24. The van der Waals surface area contributed by atoms with Crippen LogP contribution in [0.5, 0.6) is 0 Å². The van der Waals surface area contributed by atoms with Crippen LogP contribution in [0.25, 0.3) is 0 Å². The first-order valence-corrected chi connectivity index (χ1v) is 9.55. The van der Waals surface area contributed by atoms with E-state index in [4.69, 9.17) is 13.6 Å². The molecule has 1 amide bonds. The Balaban J connectivity index is 1.95. The summed E-state index contributed by atoms with van der Waals surface area (Å²) in [4.78, 5) is 39.8. The molecule has 0 N–H and O–H groups in total. The minimum Gasteiger partial charge on any atom is -0.467 e. The van der Waals surface area contributed by atoms with Gasteiger partial charge in [0.05, 0.1) is 32.7 Å². The van der Waals surface area contributed by atoms with Crippen LogP contribution in [0, 0.1) is 13.8 Å². The highest BCUT2D eigenvalue weighted by molar-refractivity contribution is 6.05. The number of carbonyl (C=O) groups excluding carboxylic acids is 3. The molecule has 30 heavy (non-hydrogen) atoms. The molecule has 0 aliphatic carbocycles. The van der Waals surface area contributed by atoms with E-state index in [0.717, 1.165) is 0 Å². The molecule has 0 unspecified atom stereocenters. The molecule has 0 aliphatic rings. The minimum absolute atomic E-state index is 0.106. The second kappa shape index (κ2) is 8.86. The first-order valence-electron chi connectivity index (χ1n) is 9.55. The Morgan fingerprint density at radius 2 is 1.80 bits per heavy atom. The number of rotatable bonds is 8. The Labute approximate surface area is 174 Å². The number of furan rings is 2. The van der Waals surface area contributed by atoms with Gasteiger partial charge in [-0.05, 0) is 50.6 Å². The number of ether oxygens (including phenoxy) is 1. The van der Waals surface area contributed by atoms with Gasteiger partial charge in [-0.15, -0.1) is 0 Å². The molecule has 3 aromatic rings. The Morgan fingerprint density at radius 3 is 2.37 bits per heavy atom. The van der Waals surface area contributed by atoms with Gasteiger partial charge in [0.25, 0.3) is 5.91 Å². The summed E-state index contributed by atoms with van der Waals surface area (Å²) in [5.74, 6) is -0.547. The Hall–Kier alpha value is -3.55. The number of esters is 1. The largest absolute Gasteiger partial charge is 0.467 e. The quantitative estimate of drug-likeness (QED) is 0.414. The van der Waals surface area contributed by atoms with Crippen molar-refractivity contribution in [3.05, 3.63) is 70.8 Å². The number of aromatic nitrogens is 1. The van der Waals surface area contributed by atoms with Gasteiger partial charge in [0.2, 0.25) is 0 Å². The SMILES string of the molecule is CCn1c(C)c(C(=O)CN(Cc2ccco2)C(=O)c2ccco2)c(C)c1C(=O)OC. The lowest BCUT2D eigenvalue weighted by Crippen LogP contribution is -2.35. The number of hydrogen-bond acceptors (Lipinski definition) is 6. The van der Waals surface area contributed by atoms with Crippen molar-refractivity contribution in [1.82, 2.24) is 9.47 Å². The summed E-state index contributed by atoms with van der Waals surface area (Å²) in [6.07, 6.45) is 2.91. The molecular weight excluding hydrogens is 388 g/mol. The predicted octanol–water partition coefficient (Wildman–Crippen LogP) is 3.62. The Morgan fingerprint density at radius 1 is 1.10 bits per heavy atom. The molecule has 0 saturated carbocycles. The summed E-state index contributed by atoms with van der Waals surface area (Å²) in [6, 6.07) is 6.59. The number of ketones is 1. The van der Waals surface area contributed by atoms with Gasteiger partial charge >= 0.3 is 5.97 Å². The number of carbonyl (C=O) groups is 3. The standard InChI is InChI=1S/C22H24N2O6/c1-5-24-15(3)19(14(2)20(24)22(27)28-4)17(25)13-23(12-16-8-6-10-29-16)21(26)18-9-7-11-30-18/h6-11H,5,12-13H2,1-4H3. The summed E-state index contributed by atoms with van der Waals surface area (Å²) in [5, 5.41) is 0. The van der Waals surface area contributed by atoms with Gasteiger partial charge in [0, 0.05) is 17.8 Å². The Kier molecular flexibility index (Phi) is 6.25. The number of hydrogen-bond donors (Lipinski definition) is 0. The molecule has 3 heterocycles. The van der Waals surface area contributed by atoms with Crippen LogP contribution in [-0.2, 0) is 17.8 Å². The van der Waals surface area contributed by atoms with Crippen LogP contribution in [0.1, 0.15) is 55.3 Å². The molecule has 0 spiro atoms. The number of Topliss-reactive ketones (excluding diaryl/α,β-unsaturated/α-hetero) is 1. The fourth-order valence-corrected chi connectivity index (χ4v) is 3.66. The van der Waals surface area contributed by atoms with E-state index in [9.17, 15) is 14.4 Å². The lowest BCUT2D eigenvalue weighted by atomic mass is 10.0. The zero-order valence-corrected chi connectivity index (χ0v) is 17.4. The maximum Gasteiger partial charge on any atom is 0.354 e. The molecule has 158 valence electrons. The van der Waals surface area contributed by atoms with Crippen LogP contribution < -0.4 is 0 Å². The fourth-order valence-electron chi connectivity index (χ4n) is 3.66. The van der Waals surface area contributed by atoms with Crippen molar-refractivity contribution in [1.29, 1.82) is 0 Å². The van der Waals surface area contributed by atoms with Crippen LogP contribution >= 0.6 is 0 Å². The fraction of sp³-hybridized carbons (Fsp3) is 0.318. The monoisotopic (exact) mass is 412 g/mol. The molecular formula is C22H24N2O6. The third kappa shape index (κ3) is 3.94. The molecule has 0 aromatic carbocycles. The van der Waals surface area contributed by atoms with Gasteiger partial charge < -0.3 is 23.0 Å². The van der Waals surface area contributed by atoms with E-state index < -0.39 is 11.9 Å². The lowest BCUT2D eigenvalue weighted by Gasteiger charge is -2.20. The molecule has 0 fully saturated rings. The van der Waals surface area contributed by atoms with Gasteiger partial charge in [-0.2, -0.15) is 0 Å². The van der Waals surface area contributed by atoms with Gasteiger partial charge in [-0.25, -0.2) is 4.79 Å². The maximum absolute atomic E-state index is 13.3. The highest BCUT2D eigenvalue weighted by Gasteiger charge is 2.29. The third-order valence-corrected chi connectivity index (χ3v) is 5.02. The summed E-state index contributed by atoms with van der Waals surface area (Å²) in [5.41, 5.74) is 1.95. The maximum atomic E-state index is 13.3. The second-order valence-corrected chi connectivity index (χ2v) is 6.81. The van der Waals surface area contributed by atoms with Crippen LogP contribution in [0.15, 0.2) is 45.6 Å². The van der Waals surface area contributed by atoms with Crippen molar-refractivity contribution in [3.63, 3.8) is 0 Å². The summed E-state index contributed by atoms with van der Waals surface area (Å²) in [6.45, 7) is 5.79. The van der Waals surface area contributed by atoms with E-state index in [1.54, 1.807) is 42.7 Å². The van der Waals surface area contributed by atoms with E-state index in [2.05, 4.69) is 0 Å². The molecule has 3 aromatic heterocycles. The van der Waals surface area contributed by atoms with Crippen LogP contribution in [-0.4, -0.2) is 40.8 Å². The van der Waals surface area contributed by atoms with Crippen molar-refractivity contribution < 1.29 is 28.0 Å². The van der Waals surface area contributed by atoms with E-state index in [0.29, 0.717) is 34.8 Å². The topological polar surface area (TPSA) is 94.9 Å². The van der Waals surface area contributed by atoms with Crippen molar-refractivity contribution in [2.45, 2.75) is 33.9 Å². The van der Waals surface area contributed by atoms with Gasteiger partial charge in [-0.1, -0.05) is 0 Å². The predicted molar refractivity (Wildman–Crippen MR) is 107 cm³/mol. The Bertz CT molecular complexity index is 1040. The van der Waals surface area contributed by atoms with Crippen molar-refractivity contribution in [3.8, 4) is 0 Å². The first-order chi connectivity index (χ1) is 14.4. The van der Waals surface area contributed by atoms with Crippen LogP contribution in [0.2, 0.25) is 0 Å². The lowest BCUT2D eigenvalue weighted by molar-refractivity contribution is 0.0587. The summed E-state index contributed by atoms with van der Waals surface area (Å²) < 4.78 is 17.2. The minimum atomic E-state index is -0.504. The second-order valence-electron chi connectivity index (χ2n) is 6.81. The number of nitrogens with zero attached hydrogens (tertiary/aromatic N) is 2. The van der Waals surface area contributed by atoms with Crippen molar-refractivity contribution in [2.24, 2.45) is 0 Å². The summed E-state index contributed by atoms with van der Waals surface area (Å²) >= 11 is 0. The molecule has 0 saturated heterocycles. The molecule has 0 bridgehead atoms. The zero-order chi connectivity index (χ0) is 21.8. The molecule has 8 heteroatoms. The number of amides is 1. The van der Waals surface area contributed by atoms with E-state index in [-0.39, 0.29) is 24.6 Å². The molecule has 0 radical (unpaired) electrons. The van der Waals surface area contributed by atoms with Crippen molar-refractivity contribution >= 4 is 17.7 Å². The third-order valence-electron chi connectivity index (χ3n) is 5.02.